The van der Waals surface area contributed by atoms with Crippen LogP contribution < -0.4 is 5.32 Å². The molecule has 0 spiro atoms. The SMILES string of the molecule is COC(=O)C12CCC(CNc3cccc(-c4nc(C5CC5)no4)c3)(CC1)CC2. The molecule has 4 aliphatic carbocycles. The van der Waals surface area contributed by atoms with Crippen molar-refractivity contribution in [3.8, 4) is 11.5 Å². The molecule has 0 unspecified atom stereocenters. The van der Waals surface area contributed by atoms with E-state index < -0.39 is 0 Å². The van der Waals surface area contributed by atoms with Gasteiger partial charge in [-0.05, 0) is 75.0 Å². The lowest BCUT2D eigenvalue weighted by Crippen LogP contribution is -2.48. The number of carbonyl (C=O) groups is 1. The summed E-state index contributed by atoms with van der Waals surface area (Å²) in [5.41, 5.74) is 2.11. The van der Waals surface area contributed by atoms with Crippen molar-refractivity contribution < 1.29 is 14.1 Å². The van der Waals surface area contributed by atoms with Crippen LogP contribution in [-0.2, 0) is 9.53 Å². The van der Waals surface area contributed by atoms with Crippen molar-refractivity contribution in [2.24, 2.45) is 10.8 Å². The Morgan fingerprint density at radius 2 is 1.96 bits per heavy atom. The number of fused-ring (bicyclic) bond motifs is 3. The molecule has 148 valence electrons. The summed E-state index contributed by atoms with van der Waals surface area (Å²) in [6.45, 7) is 0.935. The first kappa shape index (κ1) is 17.7. The summed E-state index contributed by atoms with van der Waals surface area (Å²) in [6.07, 6.45) is 8.45. The van der Waals surface area contributed by atoms with Crippen molar-refractivity contribution in [3.63, 3.8) is 0 Å². The fraction of sp³-hybridized carbons (Fsp3) is 0.591. The van der Waals surface area contributed by atoms with E-state index in [1.165, 1.54) is 20.0 Å². The van der Waals surface area contributed by atoms with E-state index in [9.17, 15) is 4.79 Å². The highest BCUT2D eigenvalue weighted by Gasteiger charge is 2.52. The fourth-order valence-electron chi connectivity index (χ4n) is 4.96. The molecule has 2 bridgehead atoms. The standard InChI is InChI=1S/C22H27N3O3/c1-27-20(26)22-10-7-21(8-11-22,9-12-22)14-23-17-4-2-3-16(13-17)19-24-18(25-28-19)15-5-6-15/h2-4,13,15,23H,5-12,14H2,1H3. The third-order valence-electron chi connectivity index (χ3n) is 7.18. The molecule has 0 aliphatic heterocycles. The van der Waals surface area contributed by atoms with Crippen LogP contribution in [0, 0.1) is 10.8 Å². The van der Waals surface area contributed by atoms with Crippen LogP contribution in [0.2, 0.25) is 0 Å². The summed E-state index contributed by atoms with van der Waals surface area (Å²) in [5, 5.41) is 7.75. The predicted octanol–water partition coefficient (Wildman–Crippen LogP) is 4.54. The molecule has 2 aromatic rings. The zero-order valence-corrected chi connectivity index (χ0v) is 16.4. The summed E-state index contributed by atoms with van der Waals surface area (Å²) in [4.78, 5) is 16.7. The van der Waals surface area contributed by atoms with E-state index in [1.54, 1.807) is 0 Å². The number of aromatic nitrogens is 2. The summed E-state index contributed by atoms with van der Waals surface area (Å²) in [5.74, 6) is 1.92. The number of ether oxygens (including phenoxy) is 1. The van der Waals surface area contributed by atoms with E-state index in [0.717, 1.165) is 62.1 Å². The Hall–Kier alpha value is -2.37. The monoisotopic (exact) mass is 381 g/mol. The highest BCUT2D eigenvalue weighted by Crippen LogP contribution is 2.57. The summed E-state index contributed by atoms with van der Waals surface area (Å²) in [6, 6.07) is 8.22. The largest absolute Gasteiger partial charge is 0.469 e. The van der Waals surface area contributed by atoms with Gasteiger partial charge in [-0.2, -0.15) is 4.98 Å². The number of carbonyl (C=O) groups excluding carboxylic acids is 1. The third-order valence-corrected chi connectivity index (χ3v) is 7.18. The van der Waals surface area contributed by atoms with E-state index in [4.69, 9.17) is 9.26 Å². The van der Waals surface area contributed by atoms with Gasteiger partial charge >= 0.3 is 5.97 Å². The van der Waals surface area contributed by atoms with E-state index in [1.807, 2.05) is 12.1 Å². The molecule has 0 saturated heterocycles. The van der Waals surface area contributed by atoms with Gasteiger partial charge in [0.15, 0.2) is 5.82 Å². The first-order valence-electron chi connectivity index (χ1n) is 10.4. The first-order chi connectivity index (χ1) is 13.6. The number of benzene rings is 1. The van der Waals surface area contributed by atoms with Crippen molar-refractivity contribution >= 4 is 11.7 Å². The Labute approximate surface area is 165 Å². The second-order valence-corrected chi connectivity index (χ2v) is 8.94. The normalized spacial score (nSPS) is 28.9. The maximum atomic E-state index is 12.2. The molecule has 6 heteroatoms. The zero-order valence-electron chi connectivity index (χ0n) is 16.4. The highest BCUT2D eigenvalue weighted by atomic mass is 16.5. The van der Waals surface area contributed by atoms with Gasteiger partial charge in [-0.25, -0.2) is 0 Å². The van der Waals surface area contributed by atoms with Crippen molar-refractivity contribution in [1.82, 2.24) is 10.1 Å². The molecule has 1 N–H and O–H groups in total. The summed E-state index contributed by atoms with van der Waals surface area (Å²) >= 11 is 0. The summed E-state index contributed by atoms with van der Waals surface area (Å²) < 4.78 is 10.5. The van der Waals surface area contributed by atoms with Gasteiger partial charge < -0.3 is 14.6 Å². The van der Waals surface area contributed by atoms with Gasteiger partial charge in [0.2, 0.25) is 0 Å². The Morgan fingerprint density at radius 3 is 2.64 bits per heavy atom. The lowest BCUT2D eigenvalue weighted by atomic mass is 9.53. The molecule has 1 aromatic heterocycles. The number of hydrogen-bond donors (Lipinski definition) is 1. The van der Waals surface area contributed by atoms with Crippen LogP contribution in [0.15, 0.2) is 28.8 Å². The molecule has 4 saturated carbocycles. The Kier molecular flexibility index (Phi) is 4.18. The molecule has 6 rings (SSSR count). The predicted molar refractivity (Wildman–Crippen MR) is 105 cm³/mol. The van der Waals surface area contributed by atoms with E-state index in [-0.39, 0.29) is 16.8 Å². The van der Waals surface area contributed by atoms with Gasteiger partial charge in [0.25, 0.3) is 5.89 Å². The summed E-state index contributed by atoms with van der Waals surface area (Å²) in [7, 11) is 1.51. The number of anilines is 1. The molecular weight excluding hydrogens is 354 g/mol. The Morgan fingerprint density at radius 1 is 1.21 bits per heavy atom. The number of methoxy groups -OCH3 is 1. The topological polar surface area (TPSA) is 77.2 Å². The number of nitrogens with one attached hydrogen (secondary N) is 1. The maximum absolute atomic E-state index is 12.2. The fourth-order valence-corrected chi connectivity index (χ4v) is 4.96. The quantitative estimate of drug-likeness (QED) is 0.740. The third kappa shape index (κ3) is 3.09. The number of esters is 1. The van der Waals surface area contributed by atoms with Gasteiger partial charge in [0.1, 0.15) is 0 Å². The van der Waals surface area contributed by atoms with Gasteiger partial charge in [-0.3, -0.25) is 4.79 Å². The molecule has 0 radical (unpaired) electrons. The van der Waals surface area contributed by atoms with Crippen molar-refractivity contribution in [1.29, 1.82) is 0 Å². The molecule has 4 fully saturated rings. The van der Waals surface area contributed by atoms with Crippen molar-refractivity contribution in [3.05, 3.63) is 30.1 Å². The minimum Gasteiger partial charge on any atom is -0.469 e. The van der Waals surface area contributed by atoms with Crippen LogP contribution in [0.3, 0.4) is 0 Å². The number of nitrogens with zero attached hydrogens (tertiary/aromatic N) is 2. The lowest BCUT2D eigenvalue weighted by molar-refractivity contribution is -0.162. The molecule has 0 atom stereocenters. The van der Waals surface area contributed by atoms with Crippen LogP contribution in [-0.4, -0.2) is 29.8 Å². The molecule has 1 aromatic carbocycles. The number of rotatable bonds is 6. The molecule has 1 heterocycles. The number of hydrogen-bond acceptors (Lipinski definition) is 6. The molecule has 4 aliphatic rings. The zero-order chi connectivity index (χ0) is 19.2. The molecular formula is C22H27N3O3. The molecule has 0 amide bonds. The highest BCUT2D eigenvalue weighted by molar-refractivity contribution is 5.77. The molecule has 28 heavy (non-hydrogen) atoms. The minimum absolute atomic E-state index is 0.00779. The van der Waals surface area contributed by atoms with Crippen LogP contribution >= 0.6 is 0 Å². The second-order valence-electron chi connectivity index (χ2n) is 8.94. The van der Waals surface area contributed by atoms with E-state index >= 15 is 0 Å². The van der Waals surface area contributed by atoms with Crippen LogP contribution in [0.25, 0.3) is 11.5 Å². The van der Waals surface area contributed by atoms with Gasteiger partial charge in [0.05, 0.1) is 12.5 Å². The lowest BCUT2D eigenvalue weighted by Gasteiger charge is -2.52. The van der Waals surface area contributed by atoms with Gasteiger partial charge in [-0.1, -0.05) is 11.2 Å². The van der Waals surface area contributed by atoms with E-state index in [0.29, 0.717) is 11.8 Å². The average Bonchev–Trinajstić information content (AvgIpc) is 3.50. The Bertz CT molecular complexity index is 862. The van der Waals surface area contributed by atoms with Crippen LogP contribution in [0.4, 0.5) is 5.69 Å². The Balaban J connectivity index is 1.24. The van der Waals surface area contributed by atoms with Gasteiger partial charge in [0, 0.05) is 23.7 Å². The van der Waals surface area contributed by atoms with Gasteiger partial charge in [-0.15, -0.1) is 0 Å². The smallest absolute Gasteiger partial charge is 0.311 e. The second kappa shape index (κ2) is 6.61. The van der Waals surface area contributed by atoms with Crippen molar-refractivity contribution in [2.45, 2.75) is 57.3 Å². The van der Waals surface area contributed by atoms with E-state index in [2.05, 4.69) is 27.6 Å². The average molecular weight is 381 g/mol. The molecule has 6 nitrogen and oxygen atoms in total. The maximum Gasteiger partial charge on any atom is 0.311 e. The first-order valence-corrected chi connectivity index (χ1v) is 10.4. The van der Waals surface area contributed by atoms with Crippen molar-refractivity contribution in [2.75, 3.05) is 19.0 Å². The minimum atomic E-state index is -0.215. The van der Waals surface area contributed by atoms with Crippen LogP contribution in [0.5, 0.6) is 0 Å². The van der Waals surface area contributed by atoms with Crippen LogP contribution in [0.1, 0.15) is 63.1 Å².